The van der Waals surface area contributed by atoms with Crippen molar-refractivity contribution in [1.29, 1.82) is 0 Å². The topological polar surface area (TPSA) is 56.7 Å². The van der Waals surface area contributed by atoms with E-state index in [1.807, 2.05) is 25.2 Å². The van der Waals surface area contributed by atoms with E-state index in [-0.39, 0.29) is 29.9 Å². The van der Waals surface area contributed by atoms with E-state index in [1.165, 1.54) is 32.1 Å². The summed E-state index contributed by atoms with van der Waals surface area (Å²) in [7, 11) is 5.38. The van der Waals surface area contributed by atoms with E-state index in [9.17, 15) is 4.79 Å². The first-order chi connectivity index (χ1) is 13.0. The molecule has 1 fully saturated rings. The van der Waals surface area contributed by atoms with Crippen LogP contribution in [0.1, 0.15) is 54.9 Å². The number of hydrogen-bond donors (Lipinski definition) is 2. The summed E-state index contributed by atoms with van der Waals surface area (Å²) in [6.45, 7) is 4.10. The molecule has 6 heteroatoms. The summed E-state index contributed by atoms with van der Waals surface area (Å²) in [5, 5.41) is 6.87. The highest BCUT2D eigenvalue weighted by Crippen LogP contribution is 2.30. The van der Waals surface area contributed by atoms with Crippen molar-refractivity contribution in [2.75, 3.05) is 34.2 Å². The van der Waals surface area contributed by atoms with Crippen LogP contribution < -0.4 is 10.6 Å². The van der Waals surface area contributed by atoms with E-state index in [1.54, 1.807) is 19.0 Å². The Morgan fingerprint density at radius 2 is 1.82 bits per heavy atom. The molecule has 1 aliphatic carbocycles. The molecule has 0 atom stereocenters. The Bertz CT molecular complexity index is 625. The molecule has 1 amide bonds. The normalized spacial score (nSPS) is 19.5. The third-order valence-corrected chi connectivity index (χ3v) is 5.61. The Labute approximate surface area is 187 Å². The van der Waals surface area contributed by atoms with Crippen LogP contribution in [0.2, 0.25) is 0 Å². The number of halogens is 1. The smallest absolute Gasteiger partial charge is 0.253 e. The molecule has 1 aromatic rings. The molecule has 0 bridgehead atoms. The number of rotatable bonds is 7. The molecule has 1 aliphatic rings. The zero-order chi connectivity index (χ0) is 19.6. The quantitative estimate of drug-likeness (QED) is 0.339. The van der Waals surface area contributed by atoms with Crippen molar-refractivity contribution < 1.29 is 4.79 Å². The highest BCUT2D eigenvalue weighted by Gasteiger charge is 2.19. The first kappa shape index (κ1) is 24.7. The fourth-order valence-electron chi connectivity index (χ4n) is 3.75. The van der Waals surface area contributed by atoms with Crippen molar-refractivity contribution >= 4 is 35.8 Å². The molecule has 1 saturated carbocycles. The average molecular weight is 500 g/mol. The van der Waals surface area contributed by atoms with Crippen molar-refractivity contribution in [3.63, 3.8) is 0 Å². The van der Waals surface area contributed by atoms with Gasteiger partial charge in [0.1, 0.15) is 0 Å². The zero-order valence-corrected chi connectivity index (χ0v) is 20.2. The molecule has 0 spiro atoms. The van der Waals surface area contributed by atoms with Crippen LogP contribution in [-0.2, 0) is 6.42 Å². The fraction of sp³-hybridized carbons (Fsp3) is 0.636. The molecule has 2 rings (SSSR count). The Morgan fingerprint density at radius 3 is 2.43 bits per heavy atom. The van der Waals surface area contributed by atoms with Gasteiger partial charge in [0.25, 0.3) is 5.91 Å². The van der Waals surface area contributed by atoms with Gasteiger partial charge in [-0.1, -0.05) is 38.3 Å². The molecule has 0 heterocycles. The molecule has 0 saturated heterocycles. The Balaban J connectivity index is 0.00000392. The largest absolute Gasteiger partial charge is 0.356 e. The van der Waals surface area contributed by atoms with Gasteiger partial charge in [-0.25, -0.2) is 0 Å². The second-order valence-corrected chi connectivity index (χ2v) is 7.82. The van der Waals surface area contributed by atoms with Gasteiger partial charge in [-0.3, -0.25) is 9.79 Å². The first-order valence-corrected chi connectivity index (χ1v) is 10.3. The molecule has 2 N–H and O–H groups in total. The molecule has 158 valence electrons. The monoisotopic (exact) mass is 500 g/mol. The van der Waals surface area contributed by atoms with E-state index in [0.29, 0.717) is 0 Å². The lowest BCUT2D eigenvalue weighted by molar-refractivity contribution is 0.0827. The zero-order valence-electron chi connectivity index (χ0n) is 17.8. The van der Waals surface area contributed by atoms with Crippen LogP contribution in [0.3, 0.4) is 0 Å². The number of guanidine groups is 1. The Kier molecular flexibility index (Phi) is 11.5. The maximum Gasteiger partial charge on any atom is 0.253 e. The molecular formula is C22H37IN4O. The van der Waals surface area contributed by atoms with Gasteiger partial charge in [-0.15, -0.1) is 24.0 Å². The molecule has 0 unspecified atom stereocenters. The third-order valence-electron chi connectivity index (χ3n) is 5.61. The van der Waals surface area contributed by atoms with Crippen LogP contribution in [-0.4, -0.2) is 51.0 Å². The van der Waals surface area contributed by atoms with Gasteiger partial charge in [-0.2, -0.15) is 0 Å². The van der Waals surface area contributed by atoms with Gasteiger partial charge in [0.15, 0.2) is 5.96 Å². The maximum absolute atomic E-state index is 12.1. The molecule has 5 nitrogen and oxygen atoms in total. The van der Waals surface area contributed by atoms with Crippen LogP contribution in [0.25, 0.3) is 0 Å². The second-order valence-electron chi connectivity index (χ2n) is 7.82. The minimum atomic E-state index is 0. The van der Waals surface area contributed by atoms with Gasteiger partial charge in [0.2, 0.25) is 0 Å². The number of benzene rings is 1. The average Bonchev–Trinajstić information content (AvgIpc) is 2.70. The predicted molar refractivity (Wildman–Crippen MR) is 129 cm³/mol. The number of amides is 1. The number of nitrogens with one attached hydrogen (secondary N) is 2. The summed E-state index contributed by atoms with van der Waals surface area (Å²) < 4.78 is 0. The molecule has 0 radical (unpaired) electrons. The van der Waals surface area contributed by atoms with Crippen LogP contribution in [0, 0.1) is 11.8 Å². The highest BCUT2D eigenvalue weighted by atomic mass is 127. The van der Waals surface area contributed by atoms with Crippen molar-refractivity contribution in [1.82, 2.24) is 15.5 Å². The van der Waals surface area contributed by atoms with Gasteiger partial charge in [0.05, 0.1) is 0 Å². The second kappa shape index (κ2) is 13.0. The van der Waals surface area contributed by atoms with Gasteiger partial charge in [0, 0.05) is 39.8 Å². The van der Waals surface area contributed by atoms with Crippen LogP contribution in [0.5, 0.6) is 0 Å². The molecule has 0 aromatic heterocycles. The summed E-state index contributed by atoms with van der Waals surface area (Å²) in [5.41, 5.74) is 1.89. The maximum atomic E-state index is 12.1. The van der Waals surface area contributed by atoms with E-state index in [4.69, 9.17) is 0 Å². The van der Waals surface area contributed by atoms with E-state index >= 15 is 0 Å². The summed E-state index contributed by atoms with van der Waals surface area (Å²) in [4.78, 5) is 18.0. The van der Waals surface area contributed by atoms with Crippen LogP contribution in [0.15, 0.2) is 29.3 Å². The van der Waals surface area contributed by atoms with Gasteiger partial charge in [-0.05, 0) is 48.8 Å². The molecule has 28 heavy (non-hydrogen) atoms. The summed E-state index contributed by atoms with van der Waals surface area (Å²) >= 11 is 0. The predicted octanol–water partition coefficient (Wildman–Crippen LogP) is 3.93. The Hall–Kier alpha value is -1.31. The molecule has 0 aliphatic heterocycles. The van der Waals surface area contributed by atoms with E-state index in [2.05, 4.69) is 28.6 Å². The minimum absolute atomic E-state index is 0. The third kappa shape index (κ3) is 7.97. The molecular weight excluding hydrogens is 463 g/mol. The van der Waals surface area contributed by atoms with Crippen molar-refractivity contribution in [2.24, 2.45) is 16.8 Å². The van der Waals surface area contributed by atoms with Crippen molar-refractivity contribution in [3.8, 4) is 0 Å². The van der Waals surface area contributed by atoms with Gasteiger partial charge < -0.3 is 15.5 Å². The fourth-order valence-corrected chi connectivity index (χ4v) is 3.75. The Morgan fingerprint density at radius 1 is 1.14 bits per heavy atom. The minimum Gasteiger partial charge on any atom is -0.356 e. The highest BCUT2D eigenvalue weighted by molar-refractivity contribution is 14.0. The molecule has 1 aromatic carbocycles. The van der Waals surface area contributed by atoms with Crippen molar-refractivity contribution in [2.45, 2.75) is 45.4 Å². The number of hydrogen-bond acceptors (Lipinski definition) is 2. The lowest BCUT2D eigenvalue weighted by Crippen LogP contribution is -2.41. The van der Waals surface area contributed by atoms with Crippen molar-refractivity contribution in [3.05, 3.63) is 35.4 Å². The van der Waals surface area contributed by atoms with E-state index in [0.717, 1.165) is 48.4 Å². The summed E-state index contributed by atoms with van der Waals surface area (Å²) in [5.74, 6) is 2.61. The number of carbonyl (C=O) groups excluding carboxylic acids is 1. The standard InChI is InChI=1S/C22H36N4O.HI/c1-5-17-9-11-19(12-10-17)16-25-22(23-2)24-14-13-18-7-6-8-20(15-18)21(27)26(3)4;/h6-8,15,17,19H,5,9-14,16H2,1-4H3,(H2,23,24,25);1H. The van der Waals surface area contributed by atoms with Gasteiger partial charge >= 0.3 is 0 Å². The van der Waals surface area contributed by atoms with E-state index < -0.39 is 0 Å². The first-order valence-electron chi connectivity index (χ1n) is 10.3. The number of carbonyl (C=O) groups is 1. The number of nitrogens with zero attached hydrogens (tertiary/aromatic N) is 2. The SMILES string of the molecule is CCC1CCC(CNC(=NC)NCCc2cccc(C(=O)N(C)C)c2)CC1.I. The number of aliphatic imine (C=N–C) groups is 1. The van der Waals surface area contributed by atoms with Crippen LogP contribution >= 0.6 is 24.0 Å². The summed E-state index contributed by atoms with van der Waals surface area (Å²) in [6, 6.07) is 7.86. The lowest BCUT2D eigenvalue weighted by atomic mass is 9.81. The van der Waals surface area contributed by atoms with Crippen LogP contribution in [0.4, 0.5) is 0 Å². The summed E-state index contributed by atoms with van der Waals surface area (Å²) in [6.07, 6.45) is 7.58. The lowest BCUT2D eigenvalue weighted by Gasteiger charge is -2.28.